The molecule has 0 radical (unpaired) electrons. The molecule has 9 heteroatoms. The normalized spacial score (nSPS) is 11.1. The fraction of sp³-hybridized carbons (Fsp3) is 0.111. The van der Waals surface area contributed by atoms with Crippen LogP contribution in [0.15, 0.2) is 60.9 Å². The fourth-order valence-electron chi connectivity index (χ4n) is 2.18. The van der Waals surface area contributed by atoms with Crippen molar-refractivity contribution >= 4 is 17.4 Å². The van der Waals surface area contributed by atoms with E-state index in [9.17, 15) is 18.0 Å². The number of hydrogen-bond acceptors (Lipinski definition) is 5. The average Bonchev–Trinajstić information content (AvgIpc) is 2.67. The summed E-state index contributed by atoms with van der Waals surface area (Å²) in [5.41, 5.74) is 0.710. The van der Waals surface area contributed by atoms with Gasteiger partial charge in [0.1, 0.15) is 0 Å². The molecule has 1 aromatic carbocycles. The molecule has 3 rings (SSSR count). The largest absolute Gasteiger partial charge is 0.416 e. The molecule has 27 heavy (non-hydrogen) atoms. The first-order valence-electron chi connectivity index (χ1n) is 7.87. The smallest absolute Gasteiger partial charge is 0.347 e. The summed E-state index contributed by atoms with van der Waals surface area (Å²) >= 11 is 0. The van der Waals surface area contributed by atoms with Gasteiger partial charge in [-0.05, 0) is 54.1 Å². The number of benzene rings is 1. The maximum Gasteiger partial charge on any atom is 0.416 e. The number of nitrogens with zero attached hydrogens (tertiary/aromatic N) is 3. The van der Waals surface area contributed by atoms with E-state index in [1.165, 1.54) is 24.3 Å². The zero-order chi connectivity index (χ0) is 19.3. The van der Waals surface area contributed by atoms with Gasteiger partial charge in [-0.15, -0.1) is 10.2 Å². The molecule has 2 N–H and O–H groups in total. The van der Waals surface area contributed by atoms with E-state index in [2.05, 4.69) is 25.8 Å². The Labute approximate surface area is 152 Å². The molecule has 2 heterocycles. The van der Waals surface area contributed by atoms with Gasteiger partial charge in [0.25, 0.3) is 5.91 Å². The van der Waals surface area contributed by atoms with Gasteiger partial charge in [-0.25, -0.2) is 0 Å². The number of carbonyl (C=O) groups is 1. The minimum absolute atomic E-state index is 0.127. The fourth-order valence-corrected chi connectivity index (χ4v) is 2.18. The van der Waals surface area contributed by atoms with Crippen molar-refractivity contribution < 1.29 is 18.0 Å². The van der Waals surface area contributed by atoms with Crippen molar-refractivity contribution in [3.8, 4) is 0 Å². The molecule has 0 bridgehead atoms. The number of nitrogens with one attached hydrogen (secondary N) is 2. The number of amides is 1. The lowest BCUT2D eigenvalue weighted by Gasteiger charge is -2.09. The number of pyridine rings is 1. The van der Waals surface area contributed by atoms with Crippen LogP contribution in [0.5, 0.6) is 0 Å². The predicted molar refractivity (Wildman–Crippen MR) is 92.2 cm³/mol. The van der Waals surface area contributed by atoms with E-state index in [0.29, 0.717) is 18.1 Å². The van der Waals surface area contributed by atoms with Gasteiger partial charge in [0.15, 0.2) is 11.5 Å². The molecule has 0 fully saturated rings. The second kappa shape index (κ2) is 7.81. The maximum absolute atomic E-state index is 12.6. The van der Waals surface area contributed by atoms with E-state index in [4.69, 9.17) is 0 Å². The summed E-state index contributed by atoms with van der Waals surface area (Å²) in [7, 11) is 0. The van der Waals surface area contributed by atoms with Crippen LogP contribution in [0.1, 0.15) is 21.6 Å². The minimum Gasteiger partial charge on any atom is -0.347 e. The molecule has 0 atom stereocenters. The highest BCUT2D eigenvalue weighted by molar-refractivity contribution is 5.92. The van der Waals surface area contributed by atoms with Crippen molar-refractivity contribution in [3.05, 3.63) is 77.7 Å². The lowest BCUT2D eigenvalue weighted by atomic mass is 10.2. The van der Waals surface area contributed by atoms with Crippen LogP contribution in [0.3, 0.4) is 0 Å². The number of carbonyl (C=O) groups excluding carboxylic acids is 1. The number of hydrogen-bond donors (Lipinski definition) is 2. The third-order valence-corrected chi connectivity index (χ3v) is 3.58. The molecule has 0 aliphatic heterocycles. The van der Waals surface area contributed by atoms with Crippen LogP contribution < -0.4 is 10.6 Å². The number of alkyl halides is 3. The summed E-state index contributed by atoms with van der Waals surface area (Å²) in [5, 5.41) is 13.2. The summed E-state index contributed by atoms with van der Waals surface area (Å²) in [6.07, 6.45) is -1.13. The second-order valence-electron chi connectivity index (χ2n) is 5.54. The van der Waals surface area contributed by atoms with Gasteiger partial charge in [0, 0.05) is 24.6 Å². The molecule has 3 aromatic rings. The maximum atomic E-state index is 12.6. The van der Waals surface area contributed by atoms with Crippen LogP contribution in [-0.4, -0.2) is 21.1 Å². The van der Waals surface area contributed by atoms with E-state index < -0.39 is 11.7 Å². The van der Waals surface area contributed by atoms with E-state index in [1.54, 1.807) is 24.5 Å². The van der Waals surface area contributed by atoms with Crippen molar-refractivity contribution in [2.24, 2.45) is 0 Å². The Kier molecular flexibility index (Phi) is 5.30. The van der Waals surface area contributed by atoms with E-state index in [1.807, 2.05) is 0 Å². The Hall–Kier alpha value is -3.49. The SMILES string of the molecule is O=C(NCc1ccncc1)c1ccc(Nc2ccc(C(F)(F)F)cc2)nn1. The van der Waals surface area contributed by atoms with Crippen LogP contribution in [0.4, 0.5) is 24.7 Å². The molecule has 0 saturated carbocycles. The number of aromatic nitrogens is 3. The predicted octanol–water partition coefficient (Wildman–Crippen LogP) is 3.56. The lowest BCUT2D eigenvalue weighted by molar-refractivity contribution is -0.137. The number of halogens is 3. The Morgan fingerprint density at radius 1 is 0.926 bits per heavy atom. The zero-order valence-electron chi connectivity index (χ0n) is 13.9. The topological polar surface area (TPSA) is 79.8 Å². The summed E-state index contributed by atoms with van der Waals surface area (Å²) < 4.78 is 37.7. The molecule has 0 unspecified atom stereocenters. The van der Waals surface area contributed by atoms with Gasteiger partial charge >= 0.3 is 6.18 Å². The second-order valence-corrected chi connectivity index (χ2v) is 5.54. The van der Waals surface area contributed by atoms with Crippen molar-refractivity contribution in [3.63, 3.8) is 0 Å². The summed E-state index contributed by atoms with van der Waals surface area (Å²) in [6, 6.07) is 11.1. The van der Waals surface area contributed by atoms with Crippen molar-refractivity contribution in [2.75, 3.05) is 5.32 Å². The van der Waals surface area contributed by atoms with Crippen molar-refractivity contribution in [1.29, 1.82) is 0 Å². The first kappa shape index (κ1) is 18.3. The molecule has 2 aromatic heterocycles. The zero-order valence-corrected chi connectivity index (χ0v) is 13.9. The van der Waals surface area contributed by atoms with Gasteiger partial charge in [-0.2, -0.15) is 13.2 Å². The summed E-state index contributed by atoms with van der Waals surface area (Å²) in [5.74, 6) is -0.0826. The molecular formula is C18H14F3N5O. The first-order chi connectivity index (χ1) is 12.9. The molecule has 138 valence electrons. The van der Waals surface area contributed by atoms with Gasteiger partial charge in [-0.1, -0.05) is 0 Å². The van der Waals surface area contributed by atoms with E-state index in [-0.39, 0.29) is 11.6 Å². The highest BCUT2D eigenvalue weighted by Gasteiger charge is 2.29. The van der Waals surface area contributed by atoms with Gasteiger partial charge in [0.2, 0.25) is 0 Å². The van der Waals surface area contributed by atoms with Crippen LogP contribution in [0.2, 0.25) is 0 Å². The Bertz CT molecular complexity index is 897. The summed E-state index contributed by atoms with van der Waals surface area (Å²) in [4.78, 5) is 16.0. The van der Waals surface area contributed by atoms with Crippen LogP contribution in [0.25, 0.3) is 0 Å². The average molecular weight is 373 g/mol. The van der Waals surface area contributed by atoms with E-state index in [0.717, 1.165) is 17.7 Å². The Morgan fingerprint density at radius 3 is 2.22 bits per heavy atom. The first-order valence-corrected chi connectivity index (χ1v) is 7.87. The van der Waals surface area contributed by atoms with Crippen molar-refractivity contribution in [2.45, 2.75) is 12.7 Å². The van der Waals surface area contributed by atoms with Gasteiger partial charge < -0.3 is 10.6 Å². The van der Waals surface area contributed by atoms with Gasteiger partial charge in [0.05, 0.1) is 5.56 Å². The Balaban J connectivity index is 1.59. The van der Waals surface area contributed by atoms with Gasteiger partial charge in [-0.3, -0.25) is 9.78 Å². The quantitative estimate of drug-likeness (QED) is 0.715. The molecule has 0 spiro atoms. The molecule has 0 aliphatic carbocycles. The number of rotatable bonds is 5. The lowest BCUT2D eigenvalue weighted by Crippen LogP contribution is -2.24. The minimum atomic E-state index is -4.39. The molecule has 0 saturated heterocycles. The van der Waals surface area contributed by atoms with Crippen molar-refractivity contribution in [1.82, 2.24) is 20.5 Å². The van der Waals surface area contributed by atoms with Crippen LogP contribution in [0, 0.1) is 0 Å². The molecule has 6 nitrogen and oxygen atoms in total. The molecule has 0 aliphatic rings. The van der Waals surface area contributed by atoms with E-state index >= 15 is 0 Å². The molecular weight excluding hydrogens is 359 g/mol. The monoisotopic (exact) mass is 373 g/mol. The Morgan fingerprint density at radius 2 is 1.63 bits per heavy atom. The third kappa shape index (κ3) is 5.00. The summed E-state index contributed by atoms with van der Waals surface area (Å²) in [6.45, 7) is 0.328. The standard InChI is InChI=1S/C18H14F3N5O/c19-18(20,21)13-1-3-14(4-2-13)24-16-6-5-15(25-26-16)17(27)23-11-12-7-9-22-10-8-12/h1-10H,11H2,(H,23,27)(H,24,26). The molecule has 1 amide bonds. The number of anilines is 2. The van der Waals surface area contributed by atoms with Crippen LogP contribution >= 0.6 is 0 Å². The van der Waals surface area contributed by atoms with Crippen LogP contribution in [-0.2, 0) is 12.7 Å². The highest BCUT2D eigenvalue weighted by atomic mass is 19.4. The highest BCUT2D eigenvalue weighted by Crippen LogP contribution is 2.30. The third-order valence-electron chi connectivity index (χ3n) is 3.58.